The van der Waals surface area contributed by atoms with E-state index in [0.29, 0.717) is 5.92 Å². The third-order valence-corrected chi connectivity index (χ3v) is 4.41. The Morgan fingerprint density at radius 1 is 1.27 bits per heavy atom. The number of nitrogens with one attached hydrogen (secondary N) is 1. The van der Waals surface area contributed by atoms with Gasteiger partial charge in [-0.1, -0.05) is 25.0 Å². The molecule has 0 spiro atoms. The van der Waals surface area contributed by atoms with Crippen LogP contribution >= 0.6 is 0 Å². The van der Waals surface area contributed by atoms with Crippen LogP contribution in [0.15, 0.2) is 30.5 Å². The van der Waals surface area contributed by atoms with Crippen molar-refractivity contribution in [2.45, 2.75) is 25.7 Å². The van der Waals surface area contributed by atoms with Crippen LogP contribution in [0.3, 0.4) is 0 Å². The first kappa shape index (κ1) is 14.8. The molecular formula is C17H21N3O2. The number of nitrogens with zero attached hydrogens (tertiary/aromatic N) is 2. The predicted octanol–water partition coefficient (Wildman–Crippen LogP) is 3.02. The number of hydrogen-bond donors (Lipinski definition) is 1. The number of anilines is 1. The van der Waals surface area contributed by atoms with Crippen LogP contribution in [0.4, 0.5) is 5.82 Å². The van der Waals surface area contributed by atoms with Crippen molar-refractivity contribution >= 4 is 22.8 Å². The summed E-state index contributed by atoms with van der Waals surface area (Å²) >= 11 is 0. The standard InChI is InChI=1S/C17H21N3O2/c1-22-17(21)13-7-3-2-6-12(13)10-19-16-11-18-14-8-4-5-9-15(14)20-16/h4-5,8-9,11-13H,2-3,6-7,10H2,1H3,(H,19,20). The summed E-state index contributed by atoms with van der Waals surface area (Å²) in [4.78, 5) is 20.8. The van der Waals surface area contributed by atoms with E-state index in [9.17, 15) is 4.79 Å². The Balaban J connectivity index is 1.68. The summed E-state index contributed by atoms with van der Waals surface area (Å²) in [5.41, 5.74) is 1.76. The van der Waals surface area contributed by atoms with Crippen molar-refractivity contribution in [2.24, 2.45) is 11.8 Å². The Hall–Kier alpha value is -2.17. The third-order valence-electron chi connectivity index (χ3n) is 4.41. The predicted molar refractivity (Wildman–Crippen MR) is 85.5 cm³/mol. The number of methoxy groups -OCH3 is 1. The summed E-state index contributed by atoms with van der Waals surface area (Å²) in [5, 5.41) is 3.33. The minimum Gasteiger partial charge on any atom is -0.469 e. The van der Waals surface area contributed by atoms with Crippen molar-refractivity contribution in [3.63, 3.8) is 0 Å². The molecule has 2 atom stereocenters. The maximum atomic E-state index is 11.9. The van der Waals surface area contributed by atoms with Crippen LogP contribution in [0.5, 0.6) is 0 Å². The number of carbonyl (C=O) groups is 1. The molecule has 5 heteroatoms. The van der Waals surface area contributed by atoms with Gasteiger partial charge in [0.15, 0.2) is 0 Å². The molecule has 0 saturated heterocycles. The average molecular weight is 299 g/mol. The highest BCUT2D eigenvalue weighted by Gasteiger charge is 2.31. The third kappa shape index (κ3) is 3.18. The number of esters is 1. The molecule has 1 aliphatic rings. The molecule has 1 aromatic carbocycles. The lowest BCUT2D eigenvalue weighted by molar-refractivity contribution is -0.148. The molecule has 1 fully saturated rings. The number of aromatic nitrogens is 2. The molecule has 116 valence electrons. The van der Waals surface area contributed by atoms with Crippen molar-refractivity contribution in [1.29, 1.82) is 0 Å². The number of carbonyl (C=O) groups excluding carboxylic acids is 1. The van der Waals surface area contributed by atoms with E-state index in [-0.39, 0.29) is 11.9 Å². The maximum Gasteiger partial charge on any atom is 0.309 e. The van der Waals surface area contributed by atoms with Gasteiger partial charge in [0, 0.05) is 6.54 Å². The molecule has 1 heterocycles. The number of benzene rings is 1. The van der Waals surface area contributed by atoms with Crippen molar-refractivity contribution in [1.82, 2.24) is 9.97 Å². The van der Waals surface area contributed by atoms with E-state index in [0.717, 1.165) is 42.7 Å². The maximum absolute atomic E-state index is 11.9. The highest BCUT2D eigenvalue weighted by Crippen LogP contribution is 2.31. The highest BCUT2D eigenvalue weighted by atomic mass is 16.5. The minimum absolute atomic E-state index is 0.000310. The Kier molecular flexibility index (Phi) is 4.51. The van der Waals surface area contributed by atoms with E-state index >= 15 is 0 Å². The van der Waals surface area contributed by atoms with Gasteiger partial charge < -0.3 is 10.1 Å². The molecule has 3 rings (SSSR count). The zero-order chi connectivity index (χ0) is 15.4. The van der Waals surface area contributed by atoms with Gasteiger partial charge in [0.2, 0.25) is 0 Å². The SMILES string of the molecule is COC(=O)C1CCCCC1CNc1cnc2ccccc2n1. The molecule has 1 aromatic heterocycles. The van der Waals surface area contributed by atoms with Crippen LogP contribution in [-0.2, 0) is 9.53 Å². The minimum atomic E-state index is -0.0869. The zero-order valence-corrected chi connectivity index (χ0v) is 12.8. The van der Waals surface area contributed by atoms with Crippen LogP contribution in [-0.4, -0.2) is 29.6 Å². The number of rotatable bonds is 4. The quantitative estimate of drug-likeness (QED) is 0.879. The Labute approximate surface area is 130 Å². The molecule has 0 radical (unpaired) electrons. The molecule has 22 heavy (non-hydrogen) atoms. The number of para-hydroxylation sites is 2. The topological polar surface area (TPSA) is 64.1 Å². The second-order valence-electron chi connectivity index (χ2n) is 5.80. The summed E-state index contributed by atoms with van der Waals surface area (Å²) in [5.74, 6) is 0.970. The van der Waals surface area contributed by atoms with E-state index in [4.69, 9.17) is 4.74 Å². The van der Waals surface area contributed by atoms with E-state index in [1.165, 1.54) is 13.5 Å². The van der Waals surface area contributed by atoms with Crippen molar-refractivity contribution in [3.05, 3.63) is 30.5 Å². The summed E-state index contributed by atoms with van der Waals surface area (Å²) in [6.07, 6.45) is 5.99. The lowest BCUT2D eigenvalue weighted by Crippen LogP contribution is -2.32. The normalized spacial score (nSPS) is 21.5. The fourth-order valence-corrected chi connectivity index (χ4v) is 3.19. The van der Waals surface area contributed by atoms with Gasteiger partial charge in [0.05, 0.1) is 30.3 Å². The lowest BCUT2D eigenvalue weighted by Gasteiger charge is -2.29. The molecular weight excluding hydrogens is 278 g/mol. The molecule has 0 bridgehead atoms. The van der Waals surface area contributed by atoms with Gasteiger partial charge in [-0.05, 0) is 30.9 Å². The van der Waals surface area contributed by atoms with Gasteiger partial charge in [0.1, 0.15) is 5.82 Å². The number of hydrogen-bond acceptors (Lipinski definition) is 5. The molecule has 5 nitrogen and oxygen atoms in total. The number of ether oxygens (including phenoxy) is 1. The Bertz CT molecular complexity index is 659. The molecule has 1 saturated carbocycles. The van der Waals surface area contributed by atoms with Crippen LogP contribution in [0.2, 0.25) is 0 Å². The van der Waals surface area contributed by atoms with Gasteiger partial charge in [0.25, 0.3) is 0 Å². The molecule has 2 unspecified atom stereocenters. The number of fused-ring (bicyclic) bond motifs is 1. The van der Waals surface area contributed by atoms with Crippen LogP contribution < -0.4 is 5.32 Å². The molecule has 1 aliphatic carbocycles. The Morgan fingerprint density at radius 2 is 2.05 bits per heavy atom. The fourth-order valence-electron chi connectivity index (χ4n) is 3.19. The second-order valence-corrected chi connectivity index (χ2v) is 5.80. The van der Waals surface area contributed by atoms with E-state index < -0.39 is 0 Å². The first-order valence-corrected chi connectivity index (χ1v) is 7.81. The largest absolute Gasteiger partial charge is 0.469 e. The molecule has 0 aliphatic heterocycles. The van der Waals surface area contributed by atoms with Gasteiger partial charge in [-0.3, -0.25) is 9.78 Å². The van der Waals surface area contributed by atoms with Crippen LogP contribution in [0.25, 0.3) is 11.0 Å². The van der Waals surface area contributed by atoms with Gasteiger partial charge >= 0.3 is 5.97 Å². The zero-order valence-electron chi connectivity index (χ0n) is 12.8. The monoisotopic (exact) mass is 299 g/mol. The average Bonchev–Trinajstić information content (AvgIpc) is 2.59. The highest BCUT2D eigenvalue weighted by molar-refractivity contribution is 5.75. The van der Waals surface area contributed by atoms with Crippen molar-refractivity contribution in [2.75, 3.05) is 19.0 Å². The van der Waals surface area contributed by atoms with E-state index in [1.54, 1.807) is 6.20 Å². The van der Waals surface area contributed by atoms with Crippen LogP contribution in [0, 0.1) is 11.8 Å². The van der Waals surface area contributed by atoms with E-state index in [2.05, 4.69) is 15.3 Å². The van der Waals surface area contributed by atoms with Gasteiger partial charge in [-0.25, -0.2) is 4.98 Å². The van der Waals surface area contributed by atoms with Crippen molar-refractivity contribution < 1.29 is 9.53 Å². The second kappa shape index (κ2) is 6.73. The fraction of sp³-hybridized carbons (Fsp3) is 0.471. The molecule has 0 amide bonds. The summed E-state index contributed by atoms with van der Waals surface area (Å²) in [6, 6.07) is 7.80. The Morgan fingerprint density at radius 3 is 2.86 bits per heavy atom. The van der Waals surface area contributed by atoms with E-state index in [1.807, 2.05) is 24.3 Å². The smallest absolute Gasteiger partial charge is 0.309 e. The van der Waals surface area contributed by atoms with Gasteiger partial charge in [-0.15, -0.1) is 0 Å². The summed E-state index contributed by atoms with van der Waals surface area (Å²) < 4.78 is 4.93. The first-order valence-electron chi connectivity index (χ1n) is 7.81. The molecule has 2 aromatic rings. The van der Waals surface area contributed by atoms with Crippen molar-refractivity contribution in [3.8, 4) is 0 Å². The lowest BCUT2D eigenvalue weighted by atomic mass is 9.79. The molecule has 1 N–H and O–H groups in total. The first-order chi connectivity index (χ1) is 10.8. The van der Waals surface area contributed by atoms with Gasteiger partial charge in [-0.2, -0.15) is 0 Å². The summed E-state index contributed by atoms with van der Waals surface area (Å²) in [6.45, 7) is 0.729. The summed E-state index contributed by atoms with van der Waals surface area (Å²) in [7, 11) is 1.47. The van der Waals surface area contributed by atoms with Crippen LogP contribution in [0.1, 0.15) is 25.7 Å².